The molecule has 0 amide bonds. The Morgan fingerprint density at radius 3 is 1.00 bits per heavy atom. The number of carbonyl (C=O) groups is 4. The van der Waals surface area contributed by atoms with E-state index < -0.39 is 35.1 Å². The highest BCUT2D eigenvalue weighted by Gasteiger charge is 2.19. The summed E-state index contributed by atoms with van der Waals surface area (Å²) in [5.74, 6) is -4.77. The van der Waals surface area contributed by atoms with Gasteiger partial charge in [-0.05, 0) is 88.1 Å². The summed E-state index contributed by atoms with van der Waals surface area (Å²) in [5, 5.41) is 0. The smallest absolute Gasteiger partial charge is 0.343 e. The zero-order valence-corrected chi connectivity index (χ0v) is 36.6. The fourth-order valence-electron chi connectivity index (χ4n) is 6.20. The number of carbonyl (C=O) groups excluding carboxylic acids is 4. The summed E-state index contributed by atoms with van der Waals surface area (Å²) < 4.78 is 61.8. The first-order chi connectivity index (χ1) is 29.9. The van der Waals surface area contributed by atoms with Crippen LogP contribution in [0.4, 0.5) is 8.78 Å². The van der Waals surface area contributed by atoms with Gasteiger partial charge in [-0.2, -0.15) is 0 Å². The Kier molecular flexibility index (Phi) is 24.3. The van der Waals surface area contributed by atoms with Crippen molar-refractivity contribution in [3.05, 3.63) is 108 Å². The molecule has 0 aromatic heterocycles. The van der Waals surface area contributed by atoms with Gasteiger partial charge < -0.3 is 28.4 Å². The molecule has 0 spiro atoms. The minimum Gasteiger partial charge on any atom is -0.494 e. The predicted molar refractivity (Wildman–Crippen MR) is 235 cm³/mol. The molecule has 0 aliphatic heterocycles. The number of rotatable bonds is 32. The fraction of sp³-hybridized carbons (Fsp3) is 0.480. The molecule has 10 nitrogen and oxygen atoms in total. The maximum absolute atomic E-state index is 14.9. The normalized spacial score (nSPS) is 10.8. The second-order valence-electron chi connectivity index (χ2n) is 15.4. The molecule has 0 saturated carbocycles. The summed E-state index contributed by atoms with van der Waals surface area (Å²) in [5.41, 5.74) is 1.08. The first-order valence-electron chi connectivity index (χ1n) is 22.0. The summed E-state index contributed by atoms with van der Waals surface area (Å²) >= 11 is 0. The van der Waals surface area contributed by atoms with E-state index in [0.717, 1.165) is 116 Å². The highest BCUT2D eigenvalue weighted by Crippen LogP contribution is 2.29. The van der Waals surface area contributed by atoms with Crippen molar-refractivity contribution in [1.29, 1.82) is 0 Å². The third kappa shape index (κ3) is 20.8. The molecule has 0 bridgehead atoms. The first kappa shape index (κ1) is 50.8. The molecule has 0 aliphatic rings. The van der Waals surface area contributed by atoms with Crippen LogP contribution in [0.25, 0.3) is 0 Å². The summed E-state index contributed by atoms with van der Waals surface area (Å²) in [7, 11) is 0. The Bertz CT molecular complexity index is 1720. The van der Waals surface area contributed by atoms with Gasteiger partial charge in [-0.15, -0.1) is 0 Å². The molecule has 12 heteroatoms. The van der Waals surface area contributed by atoms with E-state index in [1.807, 2.05) is 0 Å². The van der Waals surface area contributed by atoms with Crippen LogP contribution in [0.1, 0.15) is 150 Å². The molecule has 0 heterocycles. The van der Waals surface area contributed by atoms with Crippen molar-refractivity contribution in [2.24, 2.45) is 0 Å². The topological polar surface area (TPSA) is 124 Å². The zero-order valence-electron chi connectivity index (χ0n) is 36.6. The minimum absolute atomic E-state index is 0.115. The van der Waals surface area contributed by atoms with Crippen molar-refractivity contribution >= 4 is 23.9 Å². The molecule has 3 rings (SSSR count). The molecular weight excluding hydrogens is 799 g/mol. The van der Waals surface area contributed by atoms with Crippen molar-refractivity contribution in [1.82, 2.24) is 0 Å². The van der Waals surface area contributed by atoms with Crippen molar-refractivity contribution in [2.75, 3.05) is 26.4 Å². The highest BCUT2D eigenvalue weighted by molar-refractivity contribution is 5.92. The Labute approximate surface area is 366 Å². The quantitative estimate of drug-likeness (QED) is 0.0259. The van der Waals surface area contributed by atoms with E-state index >= 15 is 0 Å². The number of hydrogen-bond donors (Lipinski definition) is 0. The van der Waals surface area contributed by atoms with Crippen molar-refractivity contribution in [2.45, 2.75) is 129 Å². The third-order valence-corrected chi connectivity index (χ3v) is 9.85. The van der Waals surface area contributed by atoms with Gasteiger partial charge in [-0.1, -0.05) is 103 Å². The Balaban J connectivity index is 1.26. The summed E-state index contributed by atoms with van der Waals surface area (Å²) in [6, 6.07) is 13.7. The second kappa shape index (κ2) is 29.7. The lowest BCUT2D eigenvalue weighted by molar-refractivity contribution is -0.139. The summed E-state index contributed by atoms with van der Waals surface area (Å²) in [6.45, 7) is 12.4. The van der Waals surface area contributed by atoms with Gasteiger partial charge in [0.15, 0.2) is 23.1 Å². The van der Waals surface area contributed by atoms with Crippen LogP contribution in [-0.4, -0.2) is 50.3 Å². The van der Waals surface area contributed by atoms with Gasteiger partial charge >= 0.3 is 23.9 Å². The minimum atomic E-state index is -1.08. The highest BCUT2D eigenvalue weighted by atomic mass is 19.1. The lowest BCUT2D eigenvalue weighted by Crippen LogP contribution is -2.12. The maximum atomic E-state index is 14.9. The predicted octanol–water partition coefficient (Wildman–Crippen LogP) is 12.4. The van der Waals surface area contributed by atoms with Gasteiger partial charge in [0.05, 0.1) is 37.6 Å². The van der Waals surface area contributed by atoms with E-state index in [2.05, 4.69) is 13.2 Å². The largest absolute Gasteiger partial charge is 0.494 e. The number of unbranched alkanes of at least 4 members (excludes halogenated alkanes) is 16. The van der Waals surface area contributed by atoms with Crippen LogP contribution in [-0.2, 0) is 19.1 Å². The Morgan fingerprint density at radius 2 is 0.710 bits per heavy atom. The number of benzene rings is 3. The van der Waals surface area contributed by atoms with E-state index in [-0.39, 0.29) is 23.1 Å². The monoisotopic (exact) mass is 862 g/mol. The molecule has 3 aromatic carbocycles. The molecule has 0 N–H and O–H groups in total. The van der Waals surface area contributed by atoms with Gasteiger partial charge in [-0.3, -0.25) is 0 Å². The molecule has 0 radical (unpaired) electrons. The zero-order chi connectivity index (χ0) is 45.0. The second-order valence-corrected chi connectivity index (χ2v) is 15.4. The number of halogens is 2. The van der Waals surface area contributed by atoms with Crippen molar-refractivity contribution < 1.29 is 56.4 Å². The maximum Gasteiger partial charge on any atom is 0.343 e. The number of hydrogen-bond acceptors (Lipinski definition) is 10. The van der Waals surface area contributed by atoms with Gasteiger partial charge in [-0.25, -0.2) is 28.0 Å². The number of esters is 4. The van der Waals surface area contributed by atoms with E-state index in [1.165, 1.54) is 24.3 Å². The van der Waals surface area contributed by atoms with Crippen molar-refractivity contribution in [3.8, 4) is 23.0 Å². The molecular formula is C50H64F2O10. The van der Waals surface area contributed by atoms with Crippen LogP contribution in [0.15, 0.2) is 85.0 Å². The molecule has 0 saturated heterocycles. The third-order valence-electron chi connectivity index (χ3n) is 9.85. The van der Waals surface area contributed by atoms with Crippen LogP contribution < -0.4 is 18.9 Å². The molecule has 0 aliphatic carbocycles. The van der Waals surface area contributed by atoms with Gasteiger partial charge in [0.2, 0.25) is 0 Å². The van der Waals surface area contributed by atoms with Crippen LogP contribution in [0, 0.1) is 11.6 Å². The SMILES string of the molecule is C=C(C)C(=O)OCCCCCCCCCCCOc1ccc(C(=O)Oc2cc(F)c(OC(=O)c3ccc(OCCCCCCCCCCCOC(=O)C(=C)C)cc3)cc2F)cc1. The Morgan fingerprint density at radius 1 is 0.435 bits per heavy atom. The molecule has 0 fully saturated rings. The molecule has 62 heavy (non-hydrogen) atoms. The van der Waals surface area contributed by atoms with E-state index in [1.54, 1.807) is 38.1 Å². The molecule has 0 unspecified atom stereocenters. The van der Waals surface area contributed by atoms with Crippen LogP contribution in [0.5, 0.6) is 23.0 Å². The van der Waals surface area contributed by atoms with Crippen molar-refractivity contribution in [3.63, 3.8) is 0 Å². The molecule has 338 valence electrons. The Hall–Kier alpha value is -5.52. The van der Waals surface area contributed by atoms with Crippen LogP contribution >= 0.6 is 0 Å². The standard InChI is InChI=1S/C50H64F2O10/c1-37(2)47(53)59-33-21-17-13-9-5-7-11-15-19-31-57-41-27-23-39(24-28-41)49(55)61-45-35-44(52)46(36-43(45)51)62-50(56)40-25-29-42(30-26-40)58-32-20-16-12-8-6-10-14-18-22-34-60-48(54)38(3)4/h23-30,35-36H,1,3,5-22,31-34H2,2,4H3. The van der Waals surface area contributed by atoms with E-state index in [0.29, 0.717) is 61.2 Å². The molecule has 0 atom stereocenters. The summed E-state index contributed by atoms with van der Waals surface area (Å²) in [6.07, 6.45) is 19.1. The first-order valence-corrected chi connectivity index (χ1v) is 22.0. The summed E-state index contributed by atoms with van der Waals surface area (Å²) in [4.78, 5) is 48.1. The van der Waals surface area contributed by atoms with E-state index in [9.17, 15) is 28.0 Å². The van der Waals surface area contributed by atoms with Gasteiger partial charge in [0, 0.05) is 23.3 Å². The molecule has 3 aromatic rings. The van der Waals surface area contributed by atoms with Crippen LogP contribution in [0.3, 0.4) is 0 Å². The fourth-order valence-corrected chi connectivity index (χ4v) is 6.20. The number of ether oxygens (including phenoxy) is 6. The van der Waals surface area contributed by atoms with Gasteiger partial charge in [0.25, 0.3) is 0 Å². The van der Waals surface area contributed by atoms with E-state index in [4.69, 9.17) is 28.4 Å². The van der Waals surface area contributed by atoms with Gasteiger partial charge in [0.1, 0.15) is 11.5 Å². The average molecular weight is 863 g/mol. The lowest BCUT2D eigenvalue weighted by atomic mass is 10.1. The lowest BCUT2D eigenvalue weighted by Gasteiger charge is -2.11. The van der Waals surface area contributed by atoms with Crippen LogP contribution in [0.2, 0.25) is 0 Å². The average Bonchev–Trinajstić information content (AvgIpc) is 3.25.